The van der Waals surface area contributed by atoms with Gasteiger partial charge in [-0.15, -0.1) is 0 Å². The van der Waals surface area contributed by atoms with Gasteiger partial charge in [0.25, 0.3) is 0 Å². The lowest BCUT2D eigenvalue weighted by Gasteiger charge is -2.50. The Bertz CT molecular complexity index is 402. The summed E-state index contributed by atoms with van der Waals surface area (Å²) in [5.41, 5.74) is -4.36. The second-order valence-corrected chi connectivity index (χ2v) is 7.79. The molecule has 0 aromatic rings. The first-order chi connectivity index (χ1) is 14.5. The van der Waals surface area contributed by atoms with Crippen LogP contribution in [0.25, 0.3) is 0 Å². The molecule has 0 spiro atoms. The van der Waals surface area contributed by atoms with E-state index in [0.717, 1.165) is 0 Å². The van der Waals surface area contributed by atoms with Crippen molar-refractivity contribution < 1.29 is 66.0 Å². The van der Waals surface area contributed by atoms with E-state index >= 15 is 0 Å². The first kappa shape index (κ1) is 30.5. The normalized spacial score (nSPS) is 22.1. The van der Waals surface area contributed by atoms with Crippen LogP contribution in [0.2, 0.25) is 0 Å². The Morgan fingerprint density at radius 2 is 0.645 bits per heavy atom. The zero-order valence-electron chi connectivity index (χ0n) is 17.3. The summed E-state index contributed by atoms with van der Waals surface area (Å²) in [5, 5.41) is 117. The molecule has 0 saturated carbocycles. The fourth-order valence-electron chi connectivity index (χ4n) is 3.60. The molecule has 0 saturated heterocycles. The predicted octanol–water partition coefficient (Wildman–Crippen LogP) is -5.84. The summed E-state index contributed by atoms with van der Waals surface area (Å²) in [6.07, 6.45) is -12.6. The third-order valence-electron chi connectivity index (χ3n) is 5.13. The maximum atomic E-state index is 10.5. The molecule has 31 heavy (non-hydrogen) atoms. The maximum Gasteiger partial charge on any atom is 0.106 e. The summed E-state index contributed by atoms with van der Waals surface area (Å²) in [5.74, 6) is 0. The zero-order chi connectivity index (χ0) is 24.2. The Morgan fingerprint density at radius 3 is 0.806 bits per heavy atom. The molecule has 0 aromatic carbocycles. The van der Waals surface area contributed by atoms with E-state index in [1.165, 1.54) is 0 Å². The Hall–Kier alpha value is -0.520. The van der Waals surface area contributed by atoms with E-state index in [-0.39, 0.29) is 0 Å². The molecule has 0 radical (unpaired) electrons. The van der Waals surface area contributed by atoms with Crippen LogP contribution in [0.4, 0.5) is 0 Å². The minimum absolute atomic E-state index is 0.646. The molecule has 188 valence electrons. The molecular weight excluding hydrogens is 424 g/mol. The van der Waals surface area contributed by atoms with Crippen LogP contribution >= 0.6 is 0 Å². The monoisotopic (exact) mass is 462 g/mol. The second kappa shape index (κ2) is 14.6. The van der Waals surface area contributed by atoms with Crippen LogP contribution in [0, 0.1) is 0 Å². The topological polar surface area (TPSA) is 252 Å². The molecular formula is C18H38O13. The molecule has 6 atom stereocenters. The number of aliphatic hydroxyl groups excluding tert-OH is 12. The molecule has 0 aliphatic rings. The summed E-state index contributed by atoms with van der Waals surface area (Å²) >= 11 is 0. The largest absolute Gasteiger partial charge is 0.394 e. The van der Waals surface area contributed by atoms with E-state index in [4.69, 9.17) is 4.74 Å². The minimum Gasteiger partial charge on any atom is -0.394 e. The fraction of sp³-hybridized carbons (Fsp3) is 1.00. The van der Waals surface area contributed by atoms with Crippen molar-refractivity contribution in [2.24, 2.45) is 0 Å². The lowest BCUT2D eigenvalue weighted by molar-refractivity contribution is -0.275. The highest BCUT2D eigenvalue weighted by Gasteiger charge is 2.52. The van der Waals surface area contributed by atoms with Gasteiger partial charge in [-0.05, 0) is 0 Å². The van der Waals surface area contributed by atoms with E-state index in [1.807, 2.05) is 0 Å². The van der Waals surface area contributed by atoms with Crippen LogP contribution < -0.4 is 0 Å². The highest BCUT2D eigenvalue weighted by Crippen LogP contribution is 2.40. The Balaban J connectivity index is 6.61. The van der Waals surface area contributed by atoms with Crippen molar-refractivity contribution in [1.82, 2.24) is 0 Å². The molecule has 0 aliphatic carbocycles. The van der Waals surface area contributed by atoms with Crippen molar-refractivity contribution in [3.05, 3.63) is 0 Å². The van der Waals surface area contributed by atoms with E-state index in [2.05, 4.69) is 0 Å². The Morgan fingerprint density at radius 1 is 0.419 bits per heavy atom. The van der Waals surface area contributed by atoms with Crippen LogP contribution in [-0.4, -0.2) is 149 Å². The average Bonchev–Trinajstić information content (AvgIpc) is 2.76. The van der Waals surface area contributed by atoms with Gasteiger partial charge < -0.3 is 66.0 Å². The van der Waals surface area contributed by atoms with Crippen molar-refractivity contribution in [3.63, 3.8) is 0 Å². The molecule has 13 heteroatoms. The van der Waals surface area contributed by atoms with Gasteiger partial charge in [0.15, 0.2) is 0 Å². The van der Waals surface area contributed by atoms with Crippen molar-refractivity contribution in [2.75, 3.05) is 39.6 Å². The first-order valence-corrected chi connectivity index (χ1v) is 9.93. The summed E-state index contributed by atoms with van der Waals surface area (Å²) in [7, 11) is 0. The van der Waals surface area contributed by atoms with Crippen molar-refractivity contribution in [2.45, 2.75) is 73.5 Å². The Labute approximate surface area is 180 Å². The van der Waals surface area contributed by atoms with Crippen LogP contribution in [0.1, 0.15) is 25.7 Å². The third-order valence-corrected chi connectivity index (χ3v) is 5.13. The summed E-state index contributed by atoms with van der Waals surface area (Å²) in [6.45, 7) is -5.29. The number of rotatable bonds is 18. The second-order valence-electron chi connectivity index (χ2n) is 7.79. The number of hydrogen-bond acceptors (Lipinski definition) is 13. The molecule has 0 amide bonds. The van der Waals surface area contributed by atoms with Gasteiger partial charge in [0, 0.05) is 25.7 Å². The van der Waals surface area contributed by atoms with Gasteiger partial charge in [0.1, 0.15) is 23.4 Å². The molecule has 13 nitrogen and oxygen atoms in total. The molecule has 0 heterocycles. The standard InChI is InChI=1S/C18H38O13/c19-5-11(25)1-17(15(29)9-23,2-12(26)6-20)31-18(16(30)10-24,3-13(27)7-21)4-14(28)8-22/h11-16,19-30H,1-10H2. The summed E-state index contributed by atoms with van der Waals surface area (Å²) in [6, 6.07) is 0. The molecule has 0 bridgehead atoms. The maximum absolute atomic E-state index is 10.5. The van der Waals surface area contributed by atoms with Crippen molar-refractivity contribution >= 4 is 0 Å². The van der Waals surface area contributed by atoms with Gasteiger partial charge in [-0.25, -0.2) is 0 Å². The third kappa shape index (κ3) is 9.09. The molecule has 6 unspecified atom stereocenters. The van der Waals surface area contributed by atoms with Crippen molar-refractivity contribution in [3.8, 4) is 0 Å². The van der Waals surface area contributed by atoms with Gasteiger partial charge in [0.2, 0.25) is 0 Å². The van der Waals surface area contributed by atoms with E-state index < -0.39 is 113 Å². The number of hydrogen-bond donors (Lipinski definition) is 12. The van der Waals surface area contributed by atoms with E-state index in [9.17, 15) is 61.3 Å². The SMILES string of the molecule is OCC(O)CC(CC(O)CO)(OC(CC(O)CO)(CC(O)CO)C(O)CO)C(O)CO. The number of ether oxygens (including phenoxy) is 1. The lowest BCUT2D eigenvalue weighted by atomic mass is 9.79. The highest BCUT2D eigenvalue weighted by atomic mass is 16.6. The van der Waals surface area contributed by atoms with E-state index in [1.54, 1.807) is 0 Å². The quantitative estimate of drug-likeness (QED) is 0.0907. The van der Waals surface area contributed by atoms with Gasteiger partial charge >= 0.3 is 0 Å². The van der Waals surface area contributed by atoms with Gasteiger partial charge in [-0.2, -0.15) is 0 Å². The Kier molecular flexibility index (Phi) is 14.3. The molecule has 0 fully saturated rings. The van der Waals surface area contributed by atoms with Crippen LogP contribution in [0.3, 0.4) is 0 Å². The zero-order valence-corrected chi connectivity index (χ0v) is 17.3. The lowest BCUT2D eigenvalue weighted by Crippen LogP contribution is -2.62. The van der Waals surface area contributed by atoms with Crippen LogP contribution in [0.15, 0.2) is 0 Å². The van der Waals surface area contributed by atoms with E-state index in [0.29, 0.717) is 0 Å². The number of aliphatic hydroxyl groups is 12. The van der Waals surface area contributed by atoms with Crippen LogP contribution in [-0.2, 0) is 4.74 Å². The first-order valence-electron chi connectivity index (χ1n) is 9.93. The predicted molar refractivity (Wildman–Crippen MR) is 104 cm³/mol. The summed E-state index contributed by atoms with van der Waals surface area (Å²) in [4.78, 5) is 0. The fourth-order valence-corrected chi connectivity index (χ4v) is 3.60. The van der Waals surface area contributed by atoms with Gasteiger partial charge in [0.05, 0.1) is 64.1 Å². The summed E-state index contributed by atoms with van der Waals surface area (Å²) < 4.78 is 5.92. The van der Waals surface area contributed by atoms with Gasteiger partial charge in [-0.3, -0.25) is 0 Å². The van der Waals surface area contributed by atoms with Crippen molar-refractivity contribution in [1.29, 1.82) is 0 Å². The molecule has 0 aliphatic heterocycles. The molecule has 0 aromatic heterocycles. The highest BCUT2D eigenvalue weighted by molar-refractivity contribution is 5.01. The molecule has 12 N–H and O–H groups in total. The average molecular weight is 462 g/mol. The molecule has 0 rings (SSSR count). The van der Waals surface area contributed by atoms with Gasteiger partial charge in [-0.1, -0.05) is 0 Å². The van der Waals surface area contributed by atoms with Crippen LogP contribution in [0.5, 0.6) is 0 Å². The smallest absolute Gasteiger partial charge is 0.106 e. The minimum atomic E-state index is -2.18.